The molecule has 0 aliphatic rings. The van der Waals surface area contributed by atoms with Crippen molar-refractivity contribution in [2.75, 3.05) is 179 Å². The monoisotopic (exact) mass is 816 g/mol. The van der Waals surface area contributed by atoms with E-state index in [2.05, 4.69) is 21.1 Å². The molecule has 0 fully saturated rings. The molecule has 0 saturated carbocycles. The van der Waals surface area contributed by atoms with Crippen molar-refractivity contribution in [2.24, 2.45) is 11.0 Å². The van der Waals surface area contributed by atoms with E-state index in [1.165, 1.54) is 0 Å². The van der Waals surface area contributed by atoms with Gasteiger partial charge in [0.1, 0.15) is 32.1 Å². The van der Waals surface area contributed by atoms with Crippen molar-refractivity contribution < 1.29 is 76.1 Å². The predicted molar refractivity (Wildman–Crippen MR) is 201 cm³/mol. The smallest absolute Gasteiger partial charge is 0.279 e. The largest absolute Gasteiger partial charge is 0.396 e. The molecule has 56 heavy (non-hydrogen) atoms. The zero-order chi connectivity index (χ0) is 40.8. The van der Waals surface area contributed by atoms with Gasteiger partial charge in [-0.05, 0) is 12.8 Å². The molecule has 3 amide bonds. The first-order valence-electron chi connectivity index (χ1n) is 18.7. The maximum absolute atomic E-state index is 12.3. The molecular weight excluding hydrogens is 748 g/mol. The van der Waals surface area contributed by atoms with E-state index in [0.29, 0.717) is 138 Å². The Morgan fingerprint density at radius 1 is 0.554 bits per heavy atom. The zero-order valence-electron chi connectivity index (χ0n) is 33.3. The van der Waals surface area contributed by atoms with Gasteiger partial charge in [0.2, 0.25) is 11.8 Å². The Labute approximate surface area is 330 Å². The van der Waals surface area contributed by atoms with Gasteiger partial charge in [0.05, 0.1) is 126 Å². The standard InChI is InChI=1S/C34H68N6O16/c1-44-11-13-48-15-16-50-20-24-54-30-36-6-9-46-17-21-51-26-31(55-29-34(43)37-5-3-4-8-56-39-25-32(41)40-35)27-52-22-18-47-10-7-38-33(42)28-53-23-19-49-14-12-45-2/h25,31,36H,3-24,26-30,35H2,1-2H3,(H,37,43)(H,38,42)(H,40,41)/b39-25-. The number of amides is 3. The lowest BCUT2D eigenvalue weighted by Gasteiger charge is -2.18. The molecule has 0 aromatic rings. The van der Waals surface area contributed by atoms with E-state index in [0.717, 1.165) is 6.21 Å². The third-order valence-electron chi connectivity index (χ3n) is 6.58. The third-order valence-corrected chi connectivity index (χ3v) is 6.58. The van der Waals surface area contributed by atoms with Crippen molar-refractivity contribution in [3.05, 3.63) is 0 Å². The zero-order valence-corrected chi connectivity index (χ0v) is 33.3. The number of oxime groups is 1. The Kier molecular flexibility index (Phi) is 42.9. The fourth-order valence-electron chi connectivity index (χ4n) is 3.74. The highest BCUT2D eigenvalue weighted by atomic mass is 16.6. The first kappa shape index (κ1) is 53.3. The van der Waals surface area contributed by atoms with Crippen molar-refractivity contribution in [2.45, 2.75) is 18.9 Å². The summed E-state index contributed by atoms with van der Waals surface area (Å²) in [5, 5.41) is 12.1. The summed E-state index contributed by atoms with van der Waals surface area (Å²) in [7, 11) is 3.22. The summed E-state index contributed by atoms with van der Waals surface area (Å²) in [6, 6.07) is 0. The second-order valence-corrected chi connectivity index (χ2v) is 11.2. The Morgan fingerprint density at radius 3 is 1.66 bits per heavy atom. The van der Waals surface area contributed by atoms with E-state index in [1.807, 2.05) is 5.43 Å². The molecule has 0 aliphatic heterocycles. The minimum atomic E-state index is -0.578. The van der Waals surface area contributed by atoms with Gasteiger partial charge in [0.25, 0.3) is 5.91 Å². The van der Waals surface area contributed by atoms with Crippen LogP contribution in [0.3, 0.4) is 0 Å². The van der Waals surface area contributed by atoms with Crippen LogP contribution in [-0.4, -0.2) is 209 Å². The van der Waals surface area contributed by atoms with E-state index in [9.17, 15) is 14.4 Å². The van der Waals surface area contributed by atoms with E-state index in [-0.39, 0.29) is 51.5 Å². The second kappa shape index (κ2) is 45.0. The highest BCUT2D eigenvalue weighted by molar-refractivity contribution is 6.25. The van der Waals surface area contributed by atoms with Gasteiger partial charge in [-0.25, -0.2) is 5.84 Å². The van der Waals surface area contributed by atoms with Gasteiger partial charge in [-0.1, -0.05) is 5.16 Å². The molecule has 0 aromatic carbocycles. The molecule has 1 unspecified atom stereocenters. The minimum Gasteiger partial charge on any atom is -0.396 e. The van der Waals surface area contributed by atoms with Gasteiger partial charge in [-0.3, -0.25) is 25.1 Å². The first-order valence-corrected chi connectivity index (χ1v) is 18.7. The maximum atomic E-state index is 12.3. The summed E-state index contributed by atoms with van der Waals surface area (Å²) in [6.07, 6.45) is 1.64. The normalized spacial score (nSPS) is 11.9. The van der Waals surface area contributed by atoms with Crippen LogP contribution in [0.4, 0.5) is 0 Å². The number of unbranched alkanes of at least 4 members (excludes halogenated alkanes) is 1. The number of rotatable bonds is 45. The topological polar surface area (TPSA) is 258 Å². The molecule has 0 spiro atoms. The molecule has 0 saturated heterocycles. The number of carbonyl (C=O) groups excluding carboxylic acids is 3. The fraction of sp³-hybridized carbons (Fsp3) is 0.882. The number of ether oxygens (including phenoxy) is 12. The maximum Gasteiger partial charge on any atom is 0.279 e. The minimum absolute atomic E-state index is 0.0648. The van der Waals surface area contributed by atoms with Crippen LogP contribution in [0.5, 0.6) is 0 Å². The van der Waals surface area contributed by atoms with E-state index >= 15 is 0 Å². The molecule has 22 nitrogen and oxygen atoms in total. The van der Waals surface area contributed by atoms with Crippen LogP contribution in [0.15, 0.2) is 5.16 Å². The molecular formula is C34H68N6O16. The van der Waals surface area contributed by atoms with Crippen molar-refractivity contribution in [1.82, 2.24) is 21.4 Å². The third kappa shape index (κ3) is 42.5. The van der Waals surface area contributed by atoms with Gasteiger partial charge in [-0.15, -0.1) is 0 Å². The number of hydrazine groups is 1. The van der Waals surface area contributed by atoms with Crippen molar-refractivity contribution in [3.63, 3.8) is 0 Å². The number of nitrogens with zero attached hydrogens (tertiary/aromatic N) is 1. The number of nitrogens with one attached hydrogen (secondary N) is 4. The average molecular weight is 817 g/mol. The molecule has 0 rings (SSSR count). The van der Waals surface area contributed by atoms with E-state index in [1.54, 1.807) is 14.2 Å². The molecule has 0 aromatic heterocycles. The SMILES string of the molecule is COCCOCCOCCOCNCCOCCOCC(COCCOCCNC(=O)COCCOCCOC)OCC(=O)NCCCCO/N=C\C(=O)NN. The van der Waals surface area contributed by atoms with Gasteiger partial charge in [0, 0.05) is 33.9 Å². The fourth-order valence-corrected chi connectivity index (χ4v) is 3.74. The highest BCUT2D eigenvalue weighted by Crippen LogP contribution is 1.98. The number of methoxy groups -OCH3 is 2. The lowest BCUT2D eigenvalue weighted by atomic mass is 10.3. The van der Waals surface area contributed by atoms with Crippen molar-refractivity contribution in [3.8, 4) is 0 Å². The lowest BCUT2D eigenvalue weighted by molar-refractivity contribution is -0.132. The second-order valence-electron chi connectivity index (χ2n) is 11.2. The molecule has 22 heteroatoms. The van der Waals surface area contributed by atoms with Gasteiger partial charge in [-0.2, -0.15) is 0 Å². The number of nitrogens with two attached hydrogens (primary N) is 1. The van der Waals surface area contributed by atoms with Crippen LogP contribution in [-0.2, 0) is 76.1 Å². The van der Waals surface area contributed by atoms with Crippen molar-refractivity contribution >= 4 is 23.9 Å². The van der Waals surface area contributed by atoms with E-state index in [4.69, 9.17) is 67.5 Å². The summed E-state index contributed by atoms with van der Waals surface area (Å²) in [4.78, 5) is 40.1. The van der Waals surface area contributed by atoms with Crippen LogP contribution >= 0.6 is 0 Å². The van der Waals surface area contributed by atoms with Crippen LogP contribution in [0.2, 0.25) is 0 Å². The average Bonchev–Trinajstić information content (AvgIpc) is 3.20. The highest BCUT2D eigenvalue weighted by Gasteiger charge is 2.13. The Morgan fingerprint density at radius 2 is 1.05 bits per heavy atom. The van der Waals surface area contributed by atoms with Crippen LogP contribution in [0, 0.1) is 0 Å². The predicted octanol–water partition coefficient (Wildman–Crippen LogP) is -2.63. The molecule has 0 aliphatic carbocycles. The molecule has 6 N–H and O–H groups in total. The van der Waals surface area contributed by atoms with Gasteiger partial charge in [0.15, 0.2) is 0 Å². The van der Waals surface area contributed by atoms with Crippen LogP contribution in [0.25, 0.3) is 0 Å². The first-order chi connectivity index (χ1) is 27.5. The Bertz CT molecular complexity index is 915. The quantitative estimate of drug-likeness (QED) is 0.0105. The molecule has 0 radical (unpaired) electrons. The molecule has 330 valence electrons. The molecule has 0 bridgehead atoms. The summed E-state index contributed by atoms with van der Waals surface area (Å²) in [5.74, 6) is 3.82. The van der Waals surface area contributed by atoms with Crippen molar-refractivity contribution in [1.29, 1.82) is 0 Å². The van der Waals surface area contributed by atoms with Crippen LogP contribution < -0.4 is 27.2 Å². The Balaban J connectivity index is 4.15. The summed E-state index contributed by atoms with van der Waals surface area (Å²) < 4.78 is 64.8. The van der Waals surface area contributed by atoms with Crippen LogP contribution in [0.1, 0.15) is 12.8 Å². The number of carbonyl (C=O) groups is 3. The van der Waals surface area contributed by atoms with Gasteiger partial charge >= 0.3 is 0 Å². The summed E-state index contributed by atoms with van der Waals surface area (Å²) >= 11 is 0. The number of hydrogen-bond acceptors (Lipinski definition) is 19. The molecule has 1 atom stereocenters. The Hall–Kier alpha value is -2.68. The summed E-state index contributed by atoms with van der Waals surface area (Å²) in [5.41, 5.74) is 1.90. The van der Waals surface area contributed by atoms with E-state index < -0.39 is 12.0 Å². The van der Waals surface area contributed by atoms with Gasteiger partial charge < -0.3 is 72.3 Å². The molecule has 0 heterocycles. The summed E-state index contributed by atoms with van der Waals surface area (Å²) in [6.45, 7) is 8.85. The lowest BCUT2D eigenvalue weighted by Crippen LogP contribution is -2.34. The number of hydrogen-bond donors (Lipinski definition) is 5.